The maximum absolute atomic E-state index is 12.2. The molecule has 0 spiro atoms. The molecule has 1 aromatic heterocycles. The van der Waals surface area contributed by atoms with E-state index in [1.807, 2.05) is 38.1 Å². The van der Waals surface area contributed by atoms with Crippen LogP contribution in [-0.2, 0) is 10.5 Å². The highest BCUT2D eigenvalue weighted by atomic mass is 32.2. The monoisotopic (exact) mass is 360 g/mol. The van der Waals surface area contributed by atoms with E-state index >= 15 is 0 Å². The minimum atomic E-state index is -0.0187. The highest BCUT2D eigenvalue weighted by Gasteiger charge is 2.16. The average molecular weight is 360 g/mol. The van der Waals surface area contributed by atoms with Crippen LogP contribution >= 0.6 is 11.8 Å². The molecular formula is C19H24N2O3S. The fraction of sp³-hybridized carbons (Fsp3) is 0.474. The average Bonchev–Trinajstić information content (AvgIpc) is 3.20. The van der Waals surface area contributed by atoms with Gasteiger partial charge in [-0.3, -0.25) is 4.79 Å². The van der Waals surface area contributed by atoms with Gasteiger partial charge in [-0.15, -0.1) is 11.8 Å². The molecule has 134 valence electrons. The molecule has 2 aromatic rings. The number of benzene rings is 1. The molecule has 0 aliphatic heterocycles. The molecule has 0 saturated heterocycles. The van der Waals surface area contributed by atoms with Crippen molar-refractivity contribution in [2.24, 2.45) is 0 Å². The summed E-state index contributed by atoms with van der Waals surface area (Å²) in [5.74, 6) is 2.74. The summed E-state index contributed by atoms with van der Waals surface area (Å²) < 4.78 is 11.1. The number of aromatic nitrogens is 1. The predicted molar refractivity (Wildman–Crippen MR) is 100 cm³/mol. The molecule has 1 heterocycles. The van der Waals surface area contributed by atoms with E-state index in [2.05, 4.69) is 10.5 Å². The highest BCUT2D eigenvalue weighted by Crippen LogP contribution is 2.26. The molecule has 0 bridgehead atoms. The zero-order valence-corrected chi connectivity index (χ0v) is 15.5. The summed E-state index contributed by atoms with van der Waals surface area (Å²) in [4.78, 5) is 12.2. The highest BCUT2D eigenvalue weighted by molar-refractivity contribution is 7.99. The van der Waals surface area contributed by atoms with Crippen LogP contribution in [0.25, 0.3) is 0 Å². The van der Waals surface area contributed by atoms with Crippen LogP contribution in [0.5, 0.6) is 5.75 Å². The van der Waals surface area contributed by atoms with Crippen LogP contribution in [0.2, 0.25) is 0 Å². The first-order valence-electron chi connectivity index (χ1n) is 8.68. The molecule has 1 aromatic carbocycles. The van der Waals surface area contributed by atoms with Crippen LogP contribution in [-0.4, -0.2) is 22.9 Å². The molecule has 0 atom stereocenters. The van der Waals surface area contributed by atoms with Crippen LogP contribution in [0.1, 0.15) is 42.7 Å². The molecular weight excluding hydrogens is 336 g/mol. The molecule has 5 nitrogen and oxygen atoms in total. The van der Waals surface area contributed by atoms with Gasteiger partial charge in [-0.1, -0.05) is 11.2 Å². The van der Waals surface area contributed by atoms with Gasteiger partial charge in [-0.25, -0.2) is 0 Å². The summed E-state index contributed by atoms with van der Waals surface area (Å²) in [7, 11) is 0. The molecule has 3 rings (SSSR count). The van der Waals surface area contributed by atoms with Crippen molar-refractivity contribution in [2.45, 2.75) is 51.4 Å². The lowest BCUT2D eigenvalue weighted by molar-refractivity contribution is -0.113. The molecule has 1 amide bonds. The standard InChI is InChI=1S/C19H24N2O3S/c1-13-18(14(2)24-21-13)11-25-12-19(22)20-15-6-5-9-17(10-15)23-16-7-3-4-8-16/h5-6,9-10,16H,3-4,7-8,11-12H2,1-2H3,(H,20,22). The number of aryl methyl sites for hydroxylation is 2. The summed E-state index contributed by atoms with van der Waals surface area (Å²) in [6, 6.07) is 7.64. The van der Waals surface area contributed by atoms with Gasteiger partial charge < -0.3 is 14.6 Å². The Balaban J connectivity index is 1.47. The van der Waals surface area contributed by atoms with Crippen molar-refractivity contribution in [2.75, 3.05) is 11.1 Å². The number of hydrogen-bond acceptors (Lipinski definition) is 5. The van der Waals surface area contributed by atoms with Gasteiger partial charge in [0, 0.05) is 23.1 Å². The van der Waals surface area contributed by atoms with Gasteiger partial charge in [0.15, 0.2) is 0 Å². The summed E-state index contributed by atoms with van der Waals surface area (Å²) in [6.07, 6.45) is 5.04. The molecule has 25 heavy (non-hydrogen) atoms. The molecule has 1 saturated carbocycles. The first-order chi connectivity index (χ1) is 12.1. The van der Waals surface area contributed by atoms with Gasteiger partial charge in [-0.2, -0.15) is 0 Å². The summed E-state index contributed by atoms with van der Waals surface area (Å²) >= 11 is 1.55. The number of hydrogen-bond donors (Lipinski definition) is 1. The number of amides is 1. The van der Waals surface area contributed by atoms with E-state index in [1.54, 1.807) is 11.8 Å². The van der Waals surface area contributed by atoms with E-state index in [4.69, 9.17) is 9.26 Å². The molecule has 6 heteroatoms. The number of carbonyl (C=O) groups excluding carboxylic acids is 1. The van der Waals surface area contributed by atoms with Crippen LogP contribution in [0.15, 0.2) is 28.8 Å². The van der Waals surface area contributed by atoms with Crippen molar-refractivity contribution in [3.63, 3.8) is 0 Å². The molecule has 1 aliphatic carbocycles. The minimum absolute atomic E-state index is 0.0187. The number of anilines is 1. The van der Waals surface area contributed by atoms with E-state index < -0.39 is 0 Å². The number of thioether (sulfide) groups is 1. The lowest BCUT2D eigenvalue weighted by Crippen LogP contribution is -2.15. The Kier molecular flexibility index (Phi) is 6.02. The van der Waals surface area contributed by atoms with E-state index in [0.29, 0.717) is 11.9 Å². The molecule has 1 aliphatic rings. The number of nitrogens with zero attached hydrogens (tertiary/aromatic N) is 1. The summed E-state index contributed by atoms with van der Waals surface area (Å²) in [6.45, 7) is 3.81. The normalized spacial score (nSPS) is 14.6. The zero-order chi connectivity index (χ0) is 17.6. The Hall–Kier alpha value is -1.95. The van der Waals surface area contributed by atoms with Crippen molar-refractivity contribution in [1.29, 1.82) is 0 Å². The zero-order valence-electron chi connectivity index (χ0n) is 14.7. The van der Waals surface area contributed by atoms with Crippen molar-refractivity contribution < 1.29 is 14.1 Å². The first kappa shape index (κ1) is 17.9. The number of rotatable bonds is 7. The van der Waals surface area contributed by atoms with Crippen molar-refractivity contribution >= 4 is 23.4 Å². The van der Waals surface area contributed by atoms with Crippen LogP contribution in [0.3, 0.4) is 0 Å². The van der Waals surface area contributed by atoms with Gasteiger partial charge in [0.05, 0.1) is 17.6 Å². The van der Waals surface area contributed by atoms with Crippen LogP contribution in [0, 0.1) is 13.8 Å². The quantitative estimate of drug-likeness (QED) is 0.788. The molecule has 1 N–H and O–H groups in total. The Bertz CT molecular complexity index is 704. The Morgan fingerprint density at radius 1 is 1.36 bits per heavy atom. The molecule has 0 unspecified atom stereocenters. The Morgan fingerprint density at radius 3 is 2.88 bits per heavy atom. The maximum Gasteiger partial charge on any atom is 0.234 e. The number of nitrogens with one attached hydrogen (secondary N) is 1. The van der Waals surface area contributed by atoms with E-state index in [1.165, 1.54) is 12.8 Å². The predicted octanol–water partition coefficient (Wildman–Crippen LogP) is 4.48. The van der Waals surface area contributed by atoms with Gasteiger partial charge in [0.1, 0.15) is 11.5 Å². The SMILES string of the molecule is Cc1noc(C)c1CSCC(=O)Nc1cccc(OC2CCCC2)c1. The van der Waals surface area contributed by atoms with Gasteiger partial charge >= 0.3 is 0 Å². The lowest BCUT2D eigenvalue weighted by atomic mass is 10.2. The fourth-order valence-corrected chi connectivity index (χ4v) is 3.97. The molecule has 0 radical (unpaired) electrons. The topological polar surface area (TPSA) is 64.4 Å². The fourth-order valence-electron chi connectivity index (χ4n) is 3.00. The lowest BCUT2D eigenvalue weighted by Gasteiger charge is -2.14. The van der Waals surface area contributed by atoms with Crippen molar-refractivity contribution in [1.82, 2.24) is 5.16 Å². The minimum Gasteiger partial charge on any atom is -0.490 e. The third-order valence-corrected chi connectivity index (χ3v) is 5.34. The van der Waals surface area contributed by atoms with Gasteiger partial charge in [-0.05, 0) is 51.7 Å². The van der Waals surface area contributed by atoms with Crippen LogP contribution in [0.4, 0.5) is 5.69 Å². The van der Waals surface area contributed by atoms with Gasteiger partial charge in [0.2, 0.25) is 5.91 Å². The Labute approximate surface area is 152 Å². The van der Waals surface area contributed by atoms with Crippen molar-refractivity contribution in [3.8, 4) is 5.75 Å². The third kappa shape index (κ3) is 5.01. The second-order valence-electron chi connectivity index (χ2n) is 6.40. The smallest absolute Gasteiger partial charge is 0.234 e. The Morgan fingerprint density at radius 2 is 2.16 bits per heavy atom. The maximum atomic E-state index is 12.2. The second-order valence-corrected chi connectivity index (χ2v) is 7.38. The third-order valence-electron chi connectivity index (χ3n) is 4.38. The number of ether oxygens (including phenoxy) is 1. The van der Waals surface area contributed by atoms with E-state index in [9.17, 15) is 4.79 Å². The summed E-state index contributed by atoms with van der Waals surface area (Å²) in [5.41, 5.74) is 2.74. The van der Waals surface area contributed by atoms with E-state index in [-0.39, 0.29) is 5.91 Å². The summed E-state index contributed by atoms with van der Waals surface area (Å²) in [5, 5.41) is 6.87. The number of carbonyl (C=O) groups is 1. The van der Waals surface area contributed by atoms with Crippen LogP contribution < -0.4 is 10.1 Å². The molecule has 1 fully saturated rings. The van der Waals surface area contributed by atoms with Crippen molar-refractivity contribution in [3.05, 3.63) is 41.3 Å². The second kappa shape index (κ2) is 8.43. The van der Waals surface area contributed by atoms with Gasteiger partial charge in [0.25, 0.3) is 0 Å². The first-order valence-corrected chi connectivity index (χ1v) is 9.83. The largest absolute Gasteiger partial charge is 0.490 e. The van der Waals surface area contributed by atoms with E-state index in [0.717, 1.165) is 47.0 Å².